The van der Waals surface area contributed by atoms with Crippen LogP contribution in [0.4, 0.5) is 0 Å². The summed E-state index contributed by atoms with van der Waals surface area (Å²) in [4.78, 5) is 27.7. The predicted molar refractivity (Wildman–Crippen MR) is 127 cm³/mol. The lowest BCUT2D eigenvalue weighted by atomic mass is 10.1. The molecular formula is C27H23N3O4. The van der Waals surface area contributed by atoms with Crippen LogP contribution in [0.2, 0.25) is 0 Å². The fourth-order valence-electron chi connectivity index (χ4n) is 3.84. The van der Waals surface area contributed by atoms with E-state index in [4.69, 9.17) is 9.47 Å². The number of carbonyl (C=O) groups excluding carboxylic acids is 1. The molecule has 1 amide bonds. The molecule has 0 atom stereocenters. The van der Waals surface area contributed by atoms with E-state index in [1.54, 1.807) is 17.0 Å². The molecule has 0 fully saturated rings. The van der Waals surface area contributed by atoms with Gasteiger partial charge in [-0.25, -0.2) is 4.68 Å². The molecule has 34 heavy (non-hydrogen) atoms. The first-order valence-corrected chi connectivity index (χ1v) is 11.0. The Morgan fingerprint density at radius 3 is 2.15 bits per heavy atom. The molecule has 0 spiro atoms. The first-order chi connectivity index (χ1) is 16.7. The summed E-state index contributed by atoms with van der Waals surface area (Å²) < 4.78 is 12.0. The molecule has 1 aliphatic heterocycles. The van der Waals surface area contributed by atoms with Gasteiger partial charge in [0.05, 0.1) is 5.69 Å². The van der Waals surface area contributed by atoms with E-state index in [0.717, 1.165) is 16.7 Å². The number of hydrogen-bond donors (Lipinski definition) is 0. The van der Waals surface area contributed by atoms with Gasteiger partial charge in [-0.05, 0) is 35.4 Å². The first-order valence-electron chi connectivity index (χ1n) is 11.0. The van der Waals surface area contributed by atoms with Crippen LogP contribution in [0.15, 0.2) is 95.8 Å². The Kier molecular flexibility index (Phi) is 6.07. The third-order valence-corrected chi connectivity index (χ3v) is 5.61. The molecule has 0 saturated carbocycles. The van der Waals surface area contributed by atoms with Gasteiger partial charge in [-0.15, -0.1) is 0 Å². The molecule has 5 rings (SSSR count). The largest absolute Gasteiger partial charge is 0.454 e. The van der Waals surface area contributed by atoms with Crippen LogP contribution in [-0.2, 0) is 24.4 Å². The van der Waals surface area contributed by atoms with Gasteiger partial charge in [0.2, 0.25) is 12.7 Å². The number of amides is 1. The van der Waals surface area contributed by atoms with E-state index < -0.39 is 0 Å². The van der Waals surface area contributed by atoms with Crippen molar-refractivity contribution < 1.29 is 14.3 Å². The summed E-state index contributed by atoms with van der Waals surface area (Å²) in [5, 5.41) is 4.46. The molecule has 0 radical (unpaired) electrons. The van der Waals surface area contributed by atoms with E-state index in [9.17, 15) is 9.59 Å². The molecular weight excluding hydrogens is 430 g/mol. The number of ether oxygens (including phenoxy) is 2. The van der Waals surface area contributed by atoms with Crippen molar-refractivity contribution >= 4 is 5.91 Å². The summed E-state index contributed by atoms with van der Waals surface area (Å²) >= 11 is 0. The predicted octanol–water partition coefficient (Wildman–Crippen LogP) is 3.87. The highest BCUT2D eigenvalue weighted by molar-refractivity contribution is 5.76. The lowest BCUT2D eigenvalue weighted by molar-refractivity contribution is -0.133. The maximum Gasteiger partial charge on any atom is 0.267 e. The highest BCUT2D eigenvalue weighted by Crippen LogP contribution is 2.35. The quantitative estimate of drug-likeness (QED) is 0.425. The van der Waals surface area contributed by atoms with E-state index in [1.807, 2.05) is 72.8 Å². The Morgan fingerprint density at radius 1 is 0.824 bits per heavy atom. The fraction of sp³-hybridized carbons (Fsp3) is 0.148. The third-order valence-electron chi connectivity index (χ3n) is 5.61. The monoisotopic (exact) mass is 453 g/mol. The van der Waals surface area contributed by atoms with E-state index in [1.165, 1.54) is 10.7 Å². The van der Waals surface area contributed by atoms with Crippen LogP contribution < -0.4 is 15.0 Å². The lowest BCUT2D eigenvalue weighted by Gasteiger charge is -2.23. The average Bonchev–Trinajstić information content (AvgIpc) is 3.34. The summed E-state index contributed by atoms with van der Waals surface area (Å²) in [5.74, 6) is 1.11. The van der Waals surface area contributed by atoms with Crippen molar-refractivity contribution in [3.05, 3.63) is 112 Å². The molecule has 0 bridgehead atoms. The molecule has 0 unspecified atom stereocenters. The molecule has 170 valence electrons. The summed E-state index contributed by atoms with van der Waals surface area (Å²) in [5.41, 5.74) is 3.04. The number of rotatable bonds is 7. The SMILES string of the molecule is O=C(Cn1nc(-c2ccc3c(c2)OCO3)ccc1=O)N(Cc1ccccc1)Cc1ccccc1. The Bertz CT molecular complexity index is 1310. The molecule has 3 aromatic carbocycles. The molecule has 1 aliphatic rings. The molecule has 0 aliphatic carbocycles. The summed E-state index contributed by atoms with van der Waals surface area (Å²) in [6.45, 7) is 0.895. The van der Waals surface area contributed by atoms with Crippen molar-refractivity contribution in [3.8, 4) is 22.8 Å². The number of nitrogens with zero attached hydrogens (tertiary/aromatic N) is 3. The Morgan fingerprint density at radius 2 is 1.47 bits per heavy atom. The highest BCUT2D eigenvalue weighted by Gasteiger charge is 2.18. The topological polar surface area (TPSA) is 73.7 Å². The van der Waals surface area contributed by atoms with E-state index in [2.05, 4.69) is 5.10 Å². The van der Waals surface area contributed by atoms with Crippen LogP contribution in [0.5, 0.6) is 11.5 Å². The van der Waals surface area contributed by atoms with Crippen molar-refractivity contribution in [1.29, 1.82) is 0 Å². The normalized spacial score (nSPS) is 11.9. The zero-order valence-corrected chi connectivity index (χ0v) is 18.5. The number of hydrogen-bond acceptors (Lipinski definition) is 5. The highest BCUT2D eigenvalue weighted by atomic mass is 16.7. The second-order valence-corrected chi connectivity index (χ2v) is 8.00. The smallest absolute Gasteiger partial charge is 0.267 e. The van der Waals surface area contributed by atoms with Crippen LogP contribution in [0, 0.1) is 0 Å². The van der Waals surface area contributed by atoms with Crippen molar-refractivity contribution in [2.45, 2.75) is 19.6 Å². The molecule has 0 N–H and O–H groups in total. The maximum absolute atomic E-state index is 13.4. The average molecular weight is 453 g/mol. The van der Waals surface area contributed by atoms with Gasteiger partial charge in [0.25, 0.3) is 5.56 Å². The molecule has 0 saturated heterocycles. The van der Waals surface area contributed by atoms with E-state index in [0.29, 0.717) is 30.3 Å². The zero-order chi connectivity index (χ0) is 23.3. The number of aromatic nitrogens is 2. The third kappa shape index (κ3) is 4.83. The van der Waals surface area contributed by atoms with Gasteiger partial charge in [-0.1, -0.05) is 60.7 Å². The molecule has 1 aromatic heterocycles. The Balaban J connectivity index is 1.40. The number of carbonyl (C=O) groups is 1. The summed E-state index contributed by atoms with van der Waals surface area (Å²) in [6, 6.07) is 28.1. The minimum Gasteiger partial charge on any atom is -0.454 e. The second kappa shape index (κ2) is 9.62. The number of benzene rings is 3. The van der Waals surface area contributed by atoms with Gasteiger partial charge in [0.1, 0.15) is 6.54 Å². The standard InChI is InChI=1S/C27H23N3O4/c31-26-14-12-23(22-11-13-24-25(15-22)34-19-33-24)28-30(26)18-27(32)29(16-20-7-3-1-4-8-20)17-21-9-5-2-6-10-21/h1-15H,16-19H2. The number of fused-ring (bicyclic) bond motifs is 1. The molecule has 2 heterocycles. The summed E-state index contributed by atoms with van der Waals surface area (Å²) in [7, 11) is 0. The van der Waals surface area contributed by atoms with Crippen molar-refractivity contribution in [3.63, 3.8) is 0 Å². The molecule has 7 nitrogen and oxygen atoms in total. The first kappa shape index (κ1) is 21.5. The van der Waals surface area contributed by atoms with Crippen molar-refractivity contribution in [2.24, 2.45) is 0 Å². The fourth-order valence-corrected chi connectivity index (χ4v) is 3.84. The van der Waals surface area contributed by atoms with Gasteiger partial charge in [0, 0.05) is 24.7 Å². The lowest BCUT2D eigenvalue weighted by Crippen LogP contribution is -2.36. The van der Waals surface area contributed by atoms with Crippen LogP contribution in [0.25, 0.3) is 11.3 Å². The van der Waals surface area contributed by atoms with Crippen LogP contribution >= 0.6 is 0 Å². The van der Waals surface area contributed by atoms with Crippen LogP contribution in [-0.4, -0.2) is 27.4 Å². The van der Waals surface area contributed by atoms with Crippen LogP contribution in [0.3, 0.4) is 0 Å². The Hall–Kier alpha value is -4.39. The van der Waals surface area contributed by atoms with Gasteiger partial charge >= 0.3 is 0 Å². The summed E-state index contributed by atoms with van der Waals surface area (Å²) in [6.07, 6.45) is 0. The van der Waals surface area contributed by atoms with Gasteiger partial charge < -0.3 is 14.4 Å². The van der Waals surface area contributed by atoms with Crippen molar-refractivity contribution in [1.82, 2.24) is 14.7 Å². The van der Waals surface area contributed by atoms with Gasteiger partial charge in [0.15, 0.2) is 11.5 Å². The van der Waals surface area contributed by atoms with Crippen molar-refractivity contribution in [2.75, 3.05) is 6.79 Å². The maximum atomic E-state index is 13.4. The van der Waals surface area contributed by atoms with E-state index in [-0.39, 0.29) is 24.8 Å². The van der Waals surface area contributed by atoms with Gasteiger partial charge in [-0.2, -0.15) is 5.10 Å². The van der Waals surface area contributed by atoms with Crippen LogP contribution in [0.1, 0.15) is 11.1 Å². The van der Waals surface area contributed by atoms with E-state index >= 15 is 0 Å². The minimum absolute atomic E-state index is 0.156. The Labute approximate surface area is 196 Å². The molecule has 7 heteroatoms. The zero-order valence-electron chi connectivity index (χ0n) is 18.5. The second-order valence-electron chi connectivity index (χ2n) is 8.00. The molecule has 4 aromatic rings. The minimum atomic E-state index is -0.336. The van der Waals surface area contributed by atoms with Gasteiger partial charge in [-0.3, -0.25) is 9.59 Å².